The van der Waals surface area contributed by atoms with Crippen molar-refractivity contribution in [2.75, 3.05) is 54.1 Å². The van der Waals surface area contributed by atoms with Crippen LogP contribution < -0.4 is 24.6 Å². The number of amides is 1. The first-order valence-electron chi connectivity index (χ1n) is 16.1. The van der Waals surface area contributed by atoms with Crippen molar-refractivity contribution in [1.29, 1.82) is 0 Å². The topological polar surface area (TPSA) is 117 Å². The number of rotatable bonds is 10. The van der Waals surface area contributed by atoms with Crippen LogP contribution in [-0.2, 0) is 20.2 Å². The minimum atomic E-state index is -3.70. The number of aromatic nitrogens is 2. The molecule has 0 atom stereocenters. The number of carbonyl (C=O) groups is 1. The van der Waals surface area contributed by atoms with Crippen LogP contribution in [0.1, 0.15) is 19.4 Å². The largest absolute Gasteiger partial charge is 0.475 e. The van der Waals surface area contributed by atoms with Crippen LogP contribution in [0.15, 0.2) is 85.2 Å². The summed E-state index contributed by atoms with van der Waals surface area (Å²) in [6.45, 7) is 5.72. The minimum absolute atomic E-state index is 0.0328. The first-order chi connectivity index (χ1) is 23.4. The Morgan fingerprint density at radius 2 is 1.67 bits per heavy atom. The second-order valence-electron chi connectivity index (χ2n) is 13.0. The number of halogens is 1. The highest BCUT2D eigenvalue weighted by molar-refractivity contribution is 7.92. The summed E-state index contributed by atoms with van der Waals surface area (Å²) in [6.07, 6.45) is 4.12. The molecule has 49 heavy (non-hydrogen) atoms. The number of hydrogen-bond donors (Lipinski definition) is 2. The van der Waals surface area contributed by atoms with E-state index in [1.807, 2.05) is 32.0 Å². The molecular formula is C37H37FN6O4S. The molecule has 0 saturated carbocycles. The molecule has 0 aliphatic carbocycles. The van der Waals surface area contributed by atoms with Crippen LogP contribution in [0.3, 0.4) is 0 Å². The molecule has 2 aliphatic heterocycles. The summed E-state index contributed by atoms with van der Waals surface area (Å²) >= 11 is 0. The lowest BCUT2D eigenvalue weighted by Gasteiger charge is -2.48. The molecule has 1 amide bonds. The monoisotopic (exact) mass is 680 g/mol. The Bertz CT molecular complexity index is 2170. The Morgan fingerprint density at radius 3 is 2.37 bits per heavy atom. The number of anilines is 3. The van der Waals surface area contributed by atoms with Gasteiger partial charge in [0, 0.05) is 72.8 Å². The van der Waals surface area contributed by atoms with E-state index in [-0.39, 0.29) is 35.7 Å². The van der Waals surface area contributed by atoms with E-state index in [9.17, 15) is 13.2 Å². The molecule has 2 N–H and O–H groups in total. The van der Waals surface area contributed by atoms with Crippen LogP contribution in [0.25, 0.3) is 33.2 Å². The van der Waals surface area contributed by atoms with E-state index in [0.717, 1.165) is 28.6 Å². The third-order valence-corrected chi connectivity index (χ3v) is 9.69. The Balaban J connectivity index is 1.23. The van der Waals surface area contributed by atoms with E-state index in [0.29, 0.717) is 41.8 Å². The third-order valence-electron chi connectivity index (χ3n) is 9.10. The fourth-order valence-electron chi connectivity index (χ4n) is 6.78. The average molecular weight is 681 g/mol. The number of benzene rings is 3. The van der Waals surface area contributed by atoms with Crippen molar-refractivity contribution in [2.24, 2.45) is 0 Å². The first kappa shape index (κ1) is 32.5. The molecule has 252 valence electrons. The molecule has 4 heterocycles. The molecule has 1 saturated heterocycles. The number of carbonyl (C=O) groups excluding carboxylic acids is 1. The Labute approximate surface area is 285 Å². The molecular weight excluding hydrogens is 644 g/mol. The zero-order valence-electron chi connectivity index (χ0n) is 27.7. The predicted molar refractivity (Wildman–Crippen MR) is 191 cm³/mol. The summed E-state index contributed by atoms with van der Waals surface area (Å²) in [5.41, 5.74) is 4.98. The van der Waals surface area contributed by atoms with Gasteiger partial charge in [-0.05, 0) is 35.4 Å². The summed E-state index contributed by atoms with van der Waals surface area (Å²) in [4.78, 5) is 26.6. The smallest absolute Gasteiger partial charge is 0.241 e. The zero-order chi connectivity index (χ0) is 34.5. The maximum absolute atomic E-state index is 15.8. The SMILES string of the molecule is CC(C)NCCOc1ncc(-c2cc3c4c(cnc3cc2F)N(C)C(=O)C42CN(c3ccc(-c4ccccc4)cc3)C2)cc1NS(C)(=O)=O. The number of likely N-dealkylation sites (N-methyl/N-ethyl adjacent to an activating group) is 1. The molecule has 5 aromatic rings. The molecule has 3 aromatic carbocycles. The molecule has 7 rings (SSSR count). The van der Waals surface area contributed by atoms with Gasteiger partial charge in [0.25, 0.3) is 0 Å². The number of nitrogens with zero attached hydrogens (tertiary/aromatic N) is 4. The number of fused-ring (bicyclic) bond motifs is 4. The van der Waals surface area contributed by atoms with Crippen LogP contribution >= 0.6 is 0 Å². The standard InChI is InChI=1S/C37H37FN6O4S/c1-23(2)39-14-15-48-35-32(42-49(4,46)47)16-26(19-41-35)28-17-29-31(18-30(28)38)40-20-33-34(29)37(36(45)43(33)3)21-44(22-37)27-12-10-25(11-13-27)24-8-6-5-7-9-24/h5-13,16-20,23,39,42H,14-15,21-22H2,1-4H3. The van der Waals surface area contributed by atoms with Crippen LogP contribution in [-0.4, -0.2) is 69.9 Å². The molecule has 2 aromatic heterocycles. The van der Waals surface area contributed by atoms with E-state index >= 15 is 4.39 Å². The van der Waals surface area contributed by atoms with E-state index in [2.05, 4.69) is 61.3 Å². The van der Waals surface area contributed by atoms with E-state index in [1.54, 1.807) is 24.2 Å². The molecule has 1 spiro atoms. The van der Waals surface area contributed by atoms with Crippen molar-refractivity contribution in [2.45, 2.75) is 25.3 Å². The maximum Gasteiger partial charge on any atom is 0.241 e. The summed E-state index contributed by atoms with van der Waals surface area (Å²) < 4.78 is 48.5. The van der Waals surface area contributed by atoms with Crippen molar-refractivity contribution in [3.05, 3.63) is 96.6 Å². The predicted octanol–water partition coefficient (Wildman–Crippen LogP) is 5.59. The van der Waals surface area contributed by atoms with Crippen molar-refractivity contribution in [3.63, 3.8) is 0 Å². The van der Waals surface area contributed by atoms with Crippen LogP contribution in [0.4, 0.5) is 21.5 Å². The molecule has 0 unspecified atom stereocenters. The quantitative estimate of drug-likeness (QED) is 0.184. The molecule has 0 bridgehead atoms. The third kappa shape index (κ3) is 6.06. The Morgan fingerprint density at radius 1 is 0.959 bits per heavy atom. The van der Waals surface area contributed by atoms with Crippen molar-refractivity contribution < 1.29 is 22.3 Å². The van der Waals surface area contributed by atoms with Crippen LogP contribution in [0.2, 0.25) is 0 Å². The summed E-state index contributed by atoms with van der Waals surface area (Å²) in [5.74, 6) is -0.502. The van der Waals surface area contributed by atoms with Gasteiger partial charge in [0.1, 0.15) is 23.5 Å². The lowest BCUT2D eigenvalue weighted by atomic mass is 9.73. The van der Waals surface area contributed by atoms with Gasteiger partial charge in [0.15, 0.2) is 0 Å². The van der Waals surface area contributed by atoms with Gasteiger partial charge in [-0.25, -0.2) is 17.8 Å². The molecule has 10 nitrogen and oxygen atoms in total. The summed E-state index contributed by atoms with van der Waals surface area (Å²) in [7, 11) is -1.96. The van der Waals surface area contributed by atoms with Gasteiger partial charge in [-0.2, -0.15) is 0 Å². The maximum atomic E-state index is 15.8. The fraction of sp³-hybridized carbons (Fsp3) is 0.270. The lowest BCUT2D eigenvalue weighted by molar-refractivity contribution is -0.123. The van der Waals surface area contributed by atoms with Crippen molar-refractivity contribution in [3.8, 4) is 28.1 Å². The number of hydrogen-bond acceptors (Lipinski definition) is 8. The Kier molecular flexibility index (Phi) is 8.24. The van der Waals surface area contributed by atoms with Crippen LogP contribution in [0, 0.1) is 5.82 Å². The van der Waals surface area contributed by atoms with E-state index in [4.69, 9.17) is 4.74 Å². The van der Waals surface area contributed by atoms with Gasteiger partial charge >= 0.3 is 0 Å². The zero-order valence-corrected chi connectivity index (χ0v) is 28.5. The first-order valence-corrected chi connectivity index (χ1v) is 18.0. The summed E-state index contributed by atoms with van der Waals surface area (Å²) in [5, 5.41) is 3.89. The second kappa shape index (κ2) is 12.4. The lowest BCUT2D eigenvalue weighted by Crippen LogP contribution is -2.64. The van der Waals surface area contributed by atoms with Crippen molar-refractivity contribution in [1.82, 2.24) is 15.3 Å². The van der Waals surface area contributed by atoms with Gasteiger partial charge in [0.2, 0.25) is 21.8 Å². The van der Waals surface area contributed by atoms with Gasteiger partial charge in [-0.3, -0.25) is 14.5 Å². The molecule has 0 radical (unpaired) electrons. The van der Waals surface area contributed by atoms with Crippen molar-refractivity contribution >= 4 is 43.9 Å². The number of ether oxygens (including phenoxy) is 1. The van der Waals surface area contributed by atoms with Crippen LogP contribution in [0.5, 0.6) is 5.88 Å². The van der Waals surface area contributed by atoms with Gasteiger partial charge < -0.3 is 19.9 Å². The summed E-state index contributed by atoms with van der Waals surface area (Å²) in [6, 6.07) is 23.3. The number of pyridine rings is 2. The number of sulfonamides is 1. The second-order valence-corrected chi connectivity index (χ2v) is 14.7. The Hall–Kier alpha value is -5.07. The fourth-order valence-corrected chi connectivity index (χ4v) is 7.32. The van der Waals surface area contributed by atoms with Gasteiger partial charge in [0.05, 0.1) is 23.7 Å². The minimum Gasteiger partial charge on any atom is -0.475 e. The van der Waals surface area contributed by atoms with E-state index in [1.165, 1.54) is 18.3 Å². The highest BCUT2D eigenvalue weighted by Crippen LogP contribution is 2.51. The van der Waals surface area contributed by atoms with Gasteiger partial charge in [-0.15, -0.1) is 0 Å². The molecule has 1 fully saturated rings. The highest BCUT2D eigenvalue weighted by Gasteiger charge is 2.58. The van der Waals surface area contributed by atoms with E-state index < -0.39 is 21.3 Å². The normalized spacial score (nSPS) is 15.2. The molecule has 2 aliphatic rings. The average Bonchev–Trinajstić information content (AvgIpc) is 3.28. The molecule has 12 heteroatoms. The number of nitrogens with one attached hydrogen (secondary N) is 2. The highest BCUT2D eigenvalue weighted by atomic mass is 32.2. The van der Waals surface area contributed by atoms with Gasteiger partial charge in [-0.1, -0.05) is 56.3 Å².